The van der Waals surface area contributed by atoms with Gasteiger partial charge in [-0.2, -0.15) is 0 Å². The van der Waals surface area contributed by atoms with Gasteiger partial charge in [-0.25, -0.2) is 8.78 Å². The maximum atomic E-state index is 11.8. The molecule has 2 nitrogen and oxygen atoms in total. The highest BCUT2D eigenvalue weighted by Crippen LogP contribution is 2.22. The minimum absolute atomic E-state index is 0.140. The Kier molecular flexibility index (Phi) is 7.58. The third-order valence-electron chi connectivity index (χ3n) is 2.08. The predicted molar refractivity (Wildman–Crippen MR) is 69.6 cm³/mol. The molecule has 0 saturated heterocycles. The normalized spacial score (nSPS) is 12.9. The Hall–Kier alpha value is -0.360. The zero-order valence-corrected chi connectivity index (χ0v) is 11.3. The van der Waals surface area contributed by atoms with E-state index in [-0.39, 0.29) is 6.61 Å². The lowest BCUT2D eigenvalue weighted by atomic mass is 10.3. The van der Waals surface area contributed by atoms with Gasteiger partial charge in [0.25, 0.3) is 6.43 Å². The van der Waals surface area contributed by atoms with Gasteiger partial charge in [0.2, 0.25) is 0 Å². The molecule has 1 aromatic carbocycles. The average Bonchev–Trinajstić information content (AvgIpc) is 2.32. The molecule has 0 fully saturated rings. The Balaban J connectivity index is 2.15. The third-order valence-corrected chi connectivity index (χ3v) is 3.45. The molecule has 0 aliphatic rings. The zero-order chi connectivity index (χ0) is 13.4. The van der Waals surface area contributed by atoms with Gasteiger partial charge >= 0.3 is 0 Å². The molecule has 0 saturated carbocycles. The summed E-state index contributed by atoms with van der Waals surface area (Å²) in [6.45, 7) is -0.435. The maximum absolute atomic E-state index is 11.8. The molecule has 0 aliphatic heterocycles. The van der Waals surface area contributed by atoms with Gasteiger partial charge < -0.3 is 9.84 Å². The monoisotopic (exact) mass is 296 g/mol. The summed E-state index contributed by atoms with van der Waals surface area (Å²) in [7, 11) is 0. The number of aliphatic hydroxyl groups excluding tert-OH is 1. The standard InChI is InChI=1S/C12H15ClF2O2S/c13-9-2-1-3-11(6-9)18-8-10(16)4-5-17-7-12(14)15/h1-3,6,10,12,16H,4-5,7-8H2. The fourth-order valence-electron chi connectivity index (χ4n) is 1.22. The molecular weight excluding hydrogens is 282 g/mol. The van der Waals surface area contributed by atoms with Gasteiger partial charge in [-0.3, -0.25) is 0 Å². The maximum Gasteiger partial charge on any atom is 0.261 e. The minimum Gasteiger partial charge on any atom is -0.392 e. The van der Waals surface area contributed by atoms with E-state index < -0.39 is 19.1 Å². The van der Waals surface area contributed by atoms with Crippen molar-refractivity contribution in [3.8, 4) is 0 Å². The van der Waals surface area contributed by atoms with Gasteiger partial charge in [-0.05, 0) is 24.6 Å². The first kappa shape index (κ1) is 15.7. The average molecular weight is 297 g/mol. The van der Waals surface area contributed by atoms with Crippen LogP contribution in [0.2, 0.25) is 5.02 Å². The molecule has 0 heterocycles. The summed E-state index contributed by atoms with van der Waals surface area (Å²) in [5.74, 6) is 0.485. The molecule has 18 heavy (non-hydrogen) atoms. The number of benzene rings is 1. The van der Waals surface area contributed by atoms with Gasteiger partial charge in [0.05, 0.1) is 6.10 Å². The first-order valence-electron chi connectivity index (χ1n) is 5.50. The molecule has 1 atom stereocenters. The number of halogens is 3. The van der Waals surface area contributed by atoms with E-state index in [0.29, 0.717) is 17.2 Å². The predicted octanol–water partition coefficient (Wildman–Crippen LogP) is 3.46. The van der Waals surface area contributed by atoms with Crippen LogP contribution >= 0.6 is 23.4 Å². The Morgan fingerprint density at radius 2 is 2.17 bits per heavy atom. The van der Waals surface area contributed by atoms with E-state index in [1.165, 1.54) is 11.8 Å². The molecule has 6 heteroatoms. The SMILES string of the molecule is OC(CCOCC(F)F)CSc1cccc(Cl)c1. The second kappa shape index (κ2) is 8.69. The molecule has 0 amide bonds. The molecule has 0 radical (unpaired) electrons. The number of thioether (sulfide) groups is 1. The molecule has 1 aromatic rings. The van der Waals surface area contributed by atoms with E-state index in [2.05, 4.69) is 0 Å². The first-order valence-corrected chi connectivity index (χ1v) is 6.86. The Labute approximate surface area is 114 Å². The van der Waals surface area contributed by atoms with Crippen molar-refractivity contribution in [2.75, 3.05) is 19.0 Å². The van der Waals surface area contributed by atoms with Crippen LogP contribution in [0.15, 0.2) is 29.2 Å². The van der Waals surface area contributed by atoms with E-state index in [4.69, 9.17) is 16.3 Å². The lowest BCUT2D eigenvalue weighted by molar-refractivity contribution is 0.00716. The topological polar surface area (TPSA) is 29.5 Å². The first-order chi connectivity index (χ1) is 8.58. The van der Waals surface area contributed by atoms with Gasteiger partial charge in [0, 0.05) is 22.3 Å². The molecule has 102 valence electrons. The molecule has 0 aromatic heterocycles. The van der Waals surface area contributed by atoms with Crippen molar-refractivity contribution in [3.63, 3.8) is 0 Å². The van der Waals surface area contributed by atoms with Gasteiger partial charge in [-0.15, -0.1) is 11.8 Å². The molecular formula is C12H15ClF2O2S. The van der Waals surface area contributed by atoms with E-state index in [9.17, 15) is 13.9 Å². The zero-order valence-electron chi connectivity index (χ0n) is 9.69. The summed E-state index contributed by atoms with van der Waals surface area (Å²) in [6.07, 6.45) is -2.69. The number of ether oxygens (including phenoxy) is 1. The van der Waals surface area contributed by atoms with Crippen molar-refractivity contribution in [1.29, 1.82) is 0 Å². The summed E-state index contributed by atoms with van der Waals surface area (Å²) < 4.78 is 28.2. The number of alkyl halides is 2. The molecule has 0 spiro atoms. The van der Waals surface area contributed by atoms with Gasteiger partial charge in [-0.1, -0.05) is 17.7 Å². The van der Waals surface area contributed by atoms with Crippen LogP contribution in [0.1, 0.15) is 6.42 Å². The van der Waals surface area contributed by atoms with Crippen LogP contribution in [0.25, 0.3) is 0 Å². The summed E-state index contributed by atoms with van der Waals surface area (Å²) >= 11 is 7.29. The van der Waals surface area contributed by atoms with Crippen molar-refractivity contribution in [2.24, 2.45) is 0 Å². The van der Waals surface area contributed by atoms with E-state index in [1.807, 2.05) is 18.2 Å². The van der Waals surface area contributed by atoms with Crippen LogP contribution < -0.4 is 0 Å². The van der Waals surface area contributed by atoms with Crippen LogP contribution in [0.5, 0.6) is 0 Å². The van der Waals surface area contributed by atoms with Crippen molar-refractivity contribution in [1.82, 2.24) is 0 Å². The van der Waals surface area contributed by atoms with Crippen LogP contribution in [0, 0.1) is 0 Å². The highest BCUT2D eigenvalue weighted by Gasteiger charge is 2.07. The summed E-state index contributed by atoms with van der Waals surface area (Å²) in [6, 6.07) is 7.33. The van der Waals surface area contributed by atoms with Crippen LogP contribution in [0.4, 0.5) is 8.78 Å². The Morgan fingerprint density at radius 3 is 2.83 bits per heavy atom. The highest BCUT2D eigenvalue weighted by molar-refractivity contribution is 7.99. The molecule has 1 unspecified atom stereocenters. The lowest BCUT2D eigenvalue weighted by Gasteiger charge is -2.10. The number of aliphatic hydroxyl groups is 1. The number of hydrogen-bond acceptors (Lipinski definition) is 3. The van der Waals surface area contributed by atoms with Crippen molar-refractivity contribution in [3.05, 3.63) is 29.3 Å². The van der Waals surface area contributed by atoms with E-state index >= 15 is 0 Å². The van der Waals surface area contributed by atoms with Gasteiger partial charge in [0.15, 0.2) is 0 Å². The largest absolute Gasteiger partial charge is 0.392 e. The van der Waals surface area contributed by atoms with Crippen molar-refractivity contribution in [2.45, 2.75) is 23.8 Å². The van der Waals surface area contributed by atoms with E-state index in [0.717, 1.165) is 4.90 Å². The smallest absolute Gasteiger partial charge is 0.261 e. The van der Waals surface area contributed by atoms with Crippen LogP contribution in [-0.2, 0) is 4.74 Å². The Morgan fingerprint density at radius 1 is 1.39 bits per heavy atom. The summed E-state index contributed by atoms with van der Waals surface area (Å²) in [5, 5.41) is 10.3. The molecule has 1 N–H and O–H groups in total. The number of rotatable bonds is 8. The van der Waals surface area contributed by atoms with E-state index in [1.54, 1.807) is 6.07 Å². The molecule has 0 aliphatic carbocycles. The van der Waals surface area contributed by atoms with Crippen LogP contribution in [-0.4, -0.2) is 36.6 Å². The Bertz CT molecular complexity index is 353. The third kappa shape index (κ3) is 7.16. The van der Waals surface area contributed by atoms with Crippen molar-refractivity contribution >= 4 is 23.4 Å². The highest BCUT2D eigenvalue weighted by atomic mass is 35.5. The fourth-order valence-corrected chi connectivity index (χ4v) is 2.42. The quantitative estimate of drug-likeness (QED) is 0.588. The summed E-state index contributed by atoms with van der Waals surface area (Å²) in [4.78, 5) is 0.968. The fraction of sp³-hybridized carbons (Fsp3) is 0.500. The van der Waals surface area contributed by atoms with Gasteiger partial charge in [0.1, 0.15) is 6.61 Å². The second-order valence-corrected chi connectivity index (χ2v) is 5.21. The van der Waals surface area contributed by atoms with Crippen molar-refractivity contribution < 1.29 is 18.6 Å². The second-order valence-electron chi connectivity index (χ2n) is 3.68. The molecule has 0 bridgehead atoms. The van der Waals surface area contributed by atoms with Crippen LogP contribution in [0.3, 0.4) is 0 Å². The summed E-state index contributed by atoms with van der Waals surface area (Å²) in [5.41, 5.74) is 0. The minimum atomic E-state index is -2.46. The molecule has 1 rings (SSSR count). The number of hydrogen-bond donors (Lipinski definition) is 1. The lowest BCUT2D eigenvalue weighted by Crippen LogP contribution is -2.15.